The van der Waals surface area contributed by atoms with E-state index in [0.29, 0.717) is 11.1 Å². The smallest absolute Gasteiger partial charge is 0.293 e. The monoisotopic (exact) mass is 441 g/mol. The van der Waals surface area contributed by atoms with E-state index >= 15 is 0 Å². The van der Waals surface area contributed by atoms with Crippen LogP contribution in [0.1, 0.15) is 21.5 Å². The Labute approximate surface area is 182 Å². The Morgan fingerprint density at radius 1 is 1.10 bits per heavy atom. The molecule has 1 fully saturated rings. The van der Waals surface area contributed by atoms with Gasteiger partial charge in [0.05, 0.1) is 11.4 Å². The number of imide groups is 1. The molecule has 2 aromatic rings. The SMILES string of the molecule is Cc1cccc(C(=O)NCC(=O)NCCN2C(=O)S/C(=C/c3ccc(F)cc3)C2=O)c1. The van der Waals surface area contributed by atoms with Crippen LogP contribution < -0.4 is 10.6 Å². The number of rotatable bonds is 7. The number of amides is 4. The minimum Gasteiger partial charge on any atom is -0.353 e. The van der Waals surface area contributed by atoms with Crippen LogP contribution >= 0.6 is 11.8 Å². The zero-order valence-electron chi connectivity index (χ0n) is 16.7. The molecule has 0 aliphatic carbocycles. The van der Waals surface area contributed by atoms with E-state index < -0.39 is 22.9 Å². The summed E-state index contributed by atoms with van der Waals surface area (Å²) in [7, 11) is 0. The number of nitrogens with zero attached hydrogens (tertiary/aromatic N) is 1. The van der Waals surface area contributed by atoms with Gasteiger partial charge in [-0.05, 0) is 54.6 Å². The van der Waals surface area contributed by atoms with Crippen LogP contribution in [0, 0.1) is 12.7 Å². The summed E-state index contributed by atoms with van der Waals surface area (Å²) in [5.41, 5.74) is 1.99. The van der Waals surface area contributed by atoms with Crippen molar-refractivity contribution in [3.8, 4) is 0 Å². The number of halogens is 1. The Morgan fingerprint density at radius 2 is 1.84 bits per heavy atom. The number of aryl methyl sites for hydroxylation is 1. The first-order valence-corrected chi connectivity index (χ1v) is 10.3. The van der Waals surface area contributed by atoms with Crippen LogP contribution in [0.25, 0.3) is 6.08 Å². The van der Waals surface area contributed by atoms with Crippen LogP contribution in [0.2, 0.25) is 0 Å². The molecule has 4 amide bonds. The average Bonchev–Trinajstić information content (AvgIpc) is 3.01. The lowest BCUT2D eigenvalue weighted by Crippen LogP contribution is -2.41. The summed E-state index contributed by atoms with van der Waals surface area (Å²) in [5, 5.41) is 4.65. The third-order valence-corrected chi connectivity index (χ3v) is 5.30. The third-order valence-electron chi connectivity index (χ3n) is 4.39. The molecule has 0 bridgehead atoms. The highest BCUT2D eigenvalue weighted by molar-refractivity contribution is 8.18. The average molecular weight is 441 g/mol. The quantitative estimate of drug-likeness (QED) is 0.645. The van der Waals surface area contributed by atoms with E-state index in [-0.39, 0.29) is 30.4 Å². The van der Waals surface area contributed by atoms with Crippen LogP contribution in [0.3, 0.4) is 0 Å². The van der Waals surface area contributed by atoms with E-state index in [1.807, 2.05) is 13.0 Å². The predicted molar refractivity (Wildman–Crippen MR) is 116 cm³/mol. The lowest BCUT2D eigenvalue weighted by atomic mass is 10.1. The van der Waals surface area contributed by atoms with Crippen LogP contribution in [-0.2, 0) is 9.59 Å². The fraction of sp³-hybridized carbons (Fsp3) is 0.182. The van der Waals surface area contributed by atoms with Gasteiger partial charge in [0.2, 0.25) is 5.91 Å². The molecule has 160 valence electrons. The molecule has 1 saturated heterocycles. The molecule has 3 rings (SSSR count). The maximum absolute atomic E-state index is 13.0. The highest BCUT2D eigenvalue weighted by Gasteiger charge is 2.34. The van der Waals surface area contributed by atoms with Crippen LogP contribution in [-0.4, -0.2) is 47.5 Å². The van der Waals surface area contributed by atoms with Crippen molar-refractivity contribution in [2.24, 2.45) is 0 Å². The summed E-state index contributed by atoms with van der Waals surface area (Å²) in [6.07, 6.45) is 1.52. The highest BCUT2D eigenvalue weighted by Crippen LogP contribution is 2.31. The standard InChI is InChI=1S/C22H20FN3O4S/c1-14-3-2-4-16(11-14)20(28)25-13-19(27)24-9-10-26-21(29)18(31-22(26)30)12-15-5-7-17(23)8-6-15/h2-8,11-12H,9-10,13H2,1H3,(H,24,27)(H,25,28)/b18-12+. The van der Waals surface area contributed by atoms with E-state index in [9.17, 15) is 23.6 Å². The van der Waals surface area contributed by atoms with E-state index in [0.717, 1.165) is 22.2 Å². The Kier molecular flexibility index (Phi) is 7.19. The van der Waals surface area contributed by atoms with Crippen molar-refractivity contribution in [1.82, 2.24) is 15.5 Å². The van der Waals surface area contributed by atoms with E-state index in [1.54, 1.807) is 18.2 Å². The highest BCUT2D eigenvalue weighted by atomic mass is 32.2. The molecule has 31 heavy (non-hydrogen) atoms. The predicted octanol–water partition coefficient (Wildman–Crippen LogP) is 2.72. The van der Waals surface area contributed by atoms with Gasteiger partial charge in [-0.15, -0.1) is 0 Å². The molecule has 0 atom stereocenters. The van der Waals surface area contributed by atoms with Crippen molar-refractivity contribution in [3.05, 3.63) is 75.9 Å². The third kappa shape index (κ3) is 6.02. The number of thioether (sulfide) groups is 1. The number of carbonyl (C=O) groups is 4. The van der Waals surface area contributed by atoms with Gasteiger partial charge in [0.1, 0.15) is 5.82 Å². The van der Waals surface area contributed by atoms with Crippen molar-refractivity contribution < 1.29 is 23.6 Å². The van der Waals surface area contributed by atoms with E-state index in [4.69, 9.17) is 0 Å². The molecule has 9 heteroatoms. The summed E-state index contributed by atoms with van der Waals surface area (Å²) < 4.78 is 13.0. The molecule has 1 aliphatic rings. The Balaban J connectivity index is 1.46. The molecule has 1 heterocycles. The first-order valence-electron chi connectivity index (χ1n) is 9.46. The normalized spacial score (nSPS) is 14.8. The second-order valence-corrected chi connectivity index (χ2v) is 7.78. The molecule has 1 aliphatic heterocycles. The maximum Gasteiger partial charge on any atom is 0.293 e. The van der Waals surface area contributed by atoms with Gasteiger partial charge in [0.15, 0.2) is 0 Å². The molecule has 7 nitrogen and oxygen atoms in total. The summed E-state index contributed by atoms with van der Waals surface area (Å²) in [5.74, 6) is -1.66. The van der Waals surface area contributed by atoms with Gasteiger partial charge >= 0.3 is 0 Å². The van der Waals surface area contributed by atoms with Crippen LogP contribution in [0.4, 0.5) is 9.18 Å². The number of hydrogen-bond acceptors (Lipinski definition) is 5. The van der Waals surface area contributed by atoms with Gasteiger partial charge in [-0.3, -0.25) is 24.1 Å². The zero-order valence-corrected chi connectivity index (χ0v) is 17.5. The Bertz CT molecular complexity index is 1050. The number of carbonyl (C=O) groups excluding carboxylic acids is 4. The fourth-order valence-corrected chi connectivity index (χ4v) is 3.69. The summed E-state index contributed by atoms with van der Waals surface area (Å²) in [4.78, 5) is 49.8. The minimum atomic E-state index is -0.471. The summed E-state index contributed by atoms with van der Waals surface area (Å²) in [6.45, 7) is 1.70. The lowest BCUT2D eigenvalue weighted by molar-refractivity contribution is -0.124. The van der Waals surface area contributed by atoms with Gasteiger partial charge in [-0.25, -0.2) is 4.39 Å². The van der Waals surface area contributed by atoms with Crippen LogP contribution in [0.15, 0.2) is 53.4 Å². The molecular weight excluding hydrogens is 421 g/mol. The summed E-state index contributed by atoms with van der Waals surface area (Å²) >= 11 is 0.788. The lowest BCUT2D eigenvalue weighted by Gasteiger charge is -2.13. The first-order chi connectivity index (χ1) is 14.8. The van der Waals surface area contributed by atoms with Gasteiger partial charge < -0.3 is 10.6 Å². The van der Waals surface area contributed by atoms with Gasteiger partial charge in [-0.1, -0.05) is 29.8 Å². The fourth-order valence-electron chi connectivity index (χ4n) is 2.82. The Hall–Kier alpha value is -3.46. The molecule has 0 saturated carbocycles. The second kappa shape index (κ2) is 10.0. The number of nitrogens with one attached hydrogen (secondary N) is 2. The van der Waals surface area contributed by atoms with Crippen molar-refractivity contribution in [2.45, 2.75) is 6.92 Å². The van der Waals surface area contributed by atoms with E-state index in [1.165, 1.54) is 30.3 Å². The van der Waals surface area contributed by atoms with E-state index in [2.05, 4.69) is 10.6 Å². The van der Waals surface area contributed by atoms with Crippen molar-refractivity contribution in [3.63, 3.8) is 0 Å². The molecule has 2 N–H and O–H groups in total. The second-order valence-electron chi connectivity index (χ2n) is 6.79. The summed E-state index contributed by atoms with van der Waals surface area (Å²) in [6, 6.07) is 12.5. The molecule has 0 radical (unpaired) electrons. The topological polar surface area (TPSA) is 95.6 Å². The molecule has 0 spiro atoms. The van der Waals surface area contributed by atoms with Crippen LogP contribution in [0.5, 0.6) is 0 Å². The maximum atomic E-state index is 13.0. The molecule has 0 aromatic heterocycles. The Morgan fingerprint density at radius 3 is 2.55 bits per heavy atom. The minimum absolute atomic E-state index is 0.00297. The zero-order chi connectivity index (χ0) is 22.4. The first kappa shape index (κ1) is 22.2. The molecule has 2 aromatic carbocycles. The van der Waals surface area contributed by atoms with Gasteiger partial charge in [-0.2, -0.15) is 0 Å². The van der Waals surface area contributed by atoms with Gasteiger partial charge in [0, 0.05) is 18.7 Å². The number of benzene rings is 2. The molecule has 0 unspecified atom stereocenters. The largest absolute Gasteiger partial charge is 0.353 e. The molecular formula is C22H20FN3O4S. The van der Waals surface area contributed by atoms with Crippen molar-refractivity contribution >= 4 is 40.8 Å². The van der Waals surface area contributed by atoms with Crippen molar-refractivity contribution in [2.75, 3.05) is 19.6 Å². The van der Waals surface area contributed by atoms with Crippen molar-refractivity contribution in [1.29, 1.82) is 0 Å². The van der Waals surface area contributed by atoms with Gasteiger partial charge in [0.25, 0.3) is 17.1 Å². The number of hydrogen-bond donors (Lipinski definition) is 2.